The first-order chi connectivity index (χ1) is 10.7. The minimum absolute atomic E-state index is 0.159. The van der Waals surface area contributed by atoms with Gasteiger partial charge in [-0.25, -0.2) is 4.79 Å². The van der Waals surface area contributed by atoms with E-state index in [2.05, 4.69) is 17.4 Å². The van der Waals surface area contributed by atoms with Crippen molar-refractivity contribution in [3.8, 4) is 0 Å². The number of rotatable bonds is 6. The summed E-state index contributed by atoms with van der Waals surface area (Å²) in [6.07, 6.45) is 1.44. The molecule has 0 saturated carbocycles. The predicted molar refractivity (Wildman–Crippen MR) is 85.5 cm³/mol. The maximum Gasteiger partial charge on any atom is 0.409 e. The summed E-state index contributed by atoms with van der Waals surface area (Å²) in [6.45, 7) is 4.48. The predicted octanol–water partition coefficient (Wildman–Crippen LogP) is 2.01. The molecule has 2 unspecified atom stereocenters. The monoisotopic (exact) mass is 306 g/mol. The number of carbonyl (C=O) groups excluding carboxylic acids is 1. The van der Waals surface area contributed by atoms with Gasteiger partial charge in [0.25, 0.3) is 0 Å². The lowest BCUT2D eigenvalue weighted by Gasteiger charge is -2.37. The van der Waals surface area contributed by atoms with Crippen molar-refractivity contribution in [1.82, 2.24) is 10.2 Å². The SMILES string of the molecule is CCOC(=O)N1CC(CCO)CC(NCc2ccccc2)C1. The average Bonchev–Trinajstić information content (AvgIpc) is 2.54. The van der Waals surface area contributed by atoms with Crippen LogP contribution in [0.25, 0.3) is 0 Å². The van der Waals surface area contributed by atoms with Crippen LogP contribution in [0.2, 0.25) is 0 Å². The first kappa shape index (κ1) is 16.8. The van der Waals surface area contributed by atoms with Gasteiger partial charge >= 0.3 is 6.09 Å². The van der Waals surface area contributed by atoms with Crippen LogP contribution in [-0.2, 0) is 11.3 Å². The number of benzene rings is 1. The Labute approximate surface area is 132 Å². The summed E-state index contributed by atoms with van der Waals surface area (Å²) in [6, 6.07) is 10.5. The summed E-state index contributed by atoms with van der Waals surface area (Å²) in [5.74, 6) is 0.316. The van der Waals surface area contributed by atoms with E-state index in [-0.39, 0.29) is 18.7 Å². The Morgan fingerprint density at radius 2 is 2.14 bits per heavy atom. The minimum Gasteiger partial charge on any atom is -0.450 e. The van der Waals surface area contributed by atoms with Gasteiger partial charge in [0.15, 0.2) is 0 Å². The third-order valence-corrected chi connectivity index (χ3v) is 4.04. The molecule has 1 aromatic carbocycles. The summed E-state index contributed by atoms with van der Waals surface area (Å²) < 4.78 is 5.12. The zero-order valence-corrected chi connectivity index (χ0v) is 13.2. The zero-order valence-electron chi connectivity index (χ0n) is 13.2. The van der Waals surface area contributed by atoms with E-state index >= 15 is 0 Å². The molecule has 0 bridgehead atoms. The van der Waals surface area contributed by atoms with E-state index in [0.29, 0.717) is 25.6 Å². The highest BCUT2D eigenvalue weighted by Gasteiger charge is 2.30. The Bertz CT molecular complexity index is 452. The molecule has 1 fully saturated rings. The van der Waals surface area contributed by atoms with Crippen molar-refractivity contribution in [3.05, 3.63) is 35.9 Å². The molecule has 0 aromatic heterocycles. The lowest BCUT2D eigenvalue weighted by atomic mass is 9.92. The van der Waals surface area contributed by atoms with E-state index in [1.807, 2.05) is 25.1 Å². The van der Waals surface area contributed by atoms with Gasteiger partial charge in [-0.3, -0.25) is 0 Å². The van der Waals surface area contributed by atoms with Gasteiger partial charge in [-0.1, -0.05) is 30.3 Å². The van der Waals surface area contributed by atoms with Crippen molar-refractivity contribution >= 4 is 6.09 Å². The second-order valence-electron chi connectivity index (χ2n) is 5.78. The number of aliphatic hydroxyl groups is 1. The van der Waals surface area contributed by atoms with Crippen LogP contribution >= 0.6 is 0 Å². The number of nitrogens with zero attached hydrogens (tertiary/aromatic N) is 1. The summed E-state index contributed by atoms with van der Waals surface area (Å²) in [5, 5.41) is 12.7. The van der Waals surface area contributed by atoms with Crippen LogP contribution in [0, 0.1) is 5.92 Å². The Kier molecular flexibility index (Phi) is 6.68. The lowest BCUT2D eigenvalue weighted by molar-refractivity contribution is 0.0732. The Morgan fingerprint density at radius 1 is 1.36 bits per heavy atom. The van der Waals surface area contributed by atoms with Crippen LogP contribution in [0.4, 0.5) is 4.79 Å². The van der Waals surface area contributed by atoms with E-state index in [4.69, 9.17) is 4.74 Å². The van der Waals surface area contributed by atoms with Gasteiger partial charge in [-0.05, 0) is 31.2 Å². The third kappa shape index (κ3) is 5.00. The van der Waals surface area contributed by atoms with Crippen molar-refractivity contribution in [3.63, 3.8) is 0 Å². The van der Waals surface area contributed by atoms with E-state index < -0.39 is 0 Å². The maximum absolute atomic E-state index is 12.0. The molecular formula is C17H26N2O3. The van der Waals surface area contributed by atoms with Crippen LogP contribution in [0.15, 0.2) is 30.3 Å². The molecule has 1 aliphatic rings. The fraction of sp³-hybridized carbons (Fsp3) is 0.588. The molecule has 1 amide bonds. The summed E-state index contributed by atoms with van der Waals surface area (Å²) in [7, 11) is 0. The Hall–Kier alpha value is -1.59. The van der Waals surface area contributed by atoms with E-state index in [1.54, 1.807) is 4.90 Å². The molecular weight excluding hydrogens is 280 g/mol. The molecule has 2 N–H and O–H groups in total. The highest BCUT2D eigenvalue weighted by molar-refractivity contribution is 5.67. The number of carbonyl (C=O) groups is 1. The molecule has 1 saturated heterocycles. The van der Waals surface area contributed by atoms with E-state index in [1.165, 1.54) is 5.56 Å². The van der Waals surface area contributed by atoms with Crippen LogP contribution in [-0.4, -0.2) is 48.4 Å². The second kappa shape index (κ2) is 8.76. The molecule has 22 heavy (non-hydrogen) atoms. The Balaban J connectivity index is 1.92. The second-order valence-corrected chi connectivity index (χ2v) is 5.78. The van der Waals surface area contributed by atoms with Gasteiger partial charge in [0, 0.05) is 32.3 Å². The van der Waals surface area contributed by atoms with Crippen LogP contribution < -0.4 is 5.32 Å². The van der Waals surface area contributed by atoms with Gasteiger partial charge in [-0.2, -0.15) is 0 Å². The summed E-state index contributed by atoms with van der Waals surface area (Å²) >= 11 is 0. The lowest BCUT2D eigenvalue weighted by Crippen LogP contribution is -2.51. The topological polar surface area (TPSA) is 61.8 Å². The van der Waals surface area contributed by atoms with Crippen molar-refractivity contribution < 1.29 is 14.6 Å². The highest BCUT2D eigenvalue weighted by Crippen LogP contribution is 2.21. The van der Waals surface area contributed by atoms with Crippen molar-refractivity contribution in [2.24, 2.45) is 5.92 Å². The molecule has 5 nitrogen and oxygen atoms in total. The van der Waals surface area contributed by atoms with Gasteiger partial charge < -0.3 is 20.1 Å². The minimum atomic E-state index is -0.253. The average molecular weight is 306 g/mol. The van der Waals surface area contributed by atoms with Crippen molar-refractivity contribution in [1.29, 1.82) is 0 Å². The number of aliphatic hydroxyl groups excluding tert-OH is 1. The van der Waals surface area contributed by atoms with Gasteiger partial charge in [0.2, 0.25) is 0 Å². The number of ether oxygens (including phenoxy) is 1. The van der Waals surface area contributed by atoms with E-state index in [0.717, 1.165) is 19.4 Å². The number of nitrogens with one attached hydrogen (secondary N) is 1. The molecule has 2 atom stereocenters. The number of amides is 1. The van der Waals surface area contributed by atoms with E-state index in [9.17, 15) is 9.90 Å². The molecule has 0 aliphatic carbocycles. The normalized spacial score (nSPS) is 21.6. The first-order valence-electron chi connectivity index (χ1n) is 8.02. The van der Waals surface area contributed by atoms with Crippen molar-refractivity contribution in [2.45, 2.75) is 32.4 Å². The van der Waals surface area contributed by atoms with Crippen LogP contribution in [0.5, 0.6) is 0 Å². The summed E-state index contributed by atoms with van der Waals surface area (Å²) in [5.41, 5.74) is 1.23. The zero-order chi connectivity index (χ0) is 15.8. The molecule has 0 spiro atoms. The van der Waals surface area contributed by atoms with Crippen LogP contribution in [0.1, 0.15) is 25.3 Å². The Morgan fingerprint density at radius 3 is 2.82 bits per heavy atom. The maximum atomic E-state index is 12.0. The van der Waals surface area contributed by atoms with Crippen LogP contribution in [0.3, 0.4) is 0 Å². The molecule has 122 valence electrons. The standard InChI is InChI=1S/C17H26N2O3/c1-2-22-17(21)19-12-15(8-9-20)10-16(13-19)18-11-14-6-4-3-5-7-14/h3-7,15-16,18,20H,2,8-13H2,1H3. The third-order valence-electron chi connectivity index (χ3n) is 4.04. The number of hydrogen-bond donors (Lipinski definition) is 2. The molecule has 1 heterocycles. The summed E-state index contributed by atoms with van der Waals surface area (Å²) in [4.78, 5) is 13.7. The van der Waals surface area contributed by atoms with Gasteiger partial charge in [0.05, 0.1) is 6.61 Å². The molecule has 2 rings (SSSR count). The number of hydrogen-bond acceptors (Lipinski definition) is 4. The number of piperidine rings is 1. The largest absolute Gasteiger partial charge is 0.450 e. The highest BCUT2D eigenvalue weighted by atomic mass is 16.6. The molecule has 0 radical (unpaired) electrons. The molecule has 5 heteroatoms. The quantitative estimate of drug-likeness (QED) is 0.844. The van der Waals surface area contributed by atoms with Crippen molar-refractivity contribution in [2.75, 3.05) is 26.3 Å². The number of likely N-dealkylation sites (tertiary alicyclic amines) is 1. The fourth-order valence-corrected chi connectivity index (χ4v) is 2.97. The molecule has 1 aromatic rings. The molecule has 1 aliphatic heterocycles. The smallest absolute Gasteiger partial charge is 0.409 e. The fourth-order valence-electron chi connectivity index (χ4n) is 2.97. The van der Waals surface area contributed by atoms with Gasteiger partial charge in [0.1, 0.15) is 0 Å². The first-order valence-corrected chi connectivity index (χ1v) is 8.02. The van der Waals surface area contributed by atoms with Gasteiger partial charge in [-0.15, -0.1) is 0 Å².